The van der Waals surface area contributed by atoms with Gasteiger partial charge in [-0.15, -0.1) is 0 Å². The first kappa shape index (κ1) is 28.2. The number of oxazole rings is 1. The van der Waals surface area contributed by atoms with E-state index in [1.807, 2.05) is 26.0 Å². The van der Waals surface area contributed by atoms with Gasteiger partial charge in [0, 0.05) is 70.5 Å². The number of hydrogen-bond acceptors (Lipinski definition) is 6. The monoisotopic (exact) mass is 561 g/mol. The molecule has 2 aliphatic rings. The fraction of sp³-hybridized carbons (Fsp3) is 0.469. The standard InChI is InChI=1S/C32H36FN3O3S/c1-21(2)24(20-34)19-29(37)27-5-3-4-6-28(27)31-30(35-32(39-31)23-7-11-25(33)12-8-23)22-9-13-26(14-10-22)36-15-17-40(38)18-16-36/h7-14,21,24,27-28H,3-6,15-19H2,1-2H3/t24-,27-,28?/m1/s1. The van der Waals surface area contributed by atoms with E-state index < -0.39 is 10.8 Å². The molecule has 8 heteroatoms. The average Bonchev–Trinajstić information content (AvgIpc) is 3.42. The third-order valence-corrected chi connectivity index (χ3v) is 9.61. The van der Waals surface area contributed by atoms with Gasteiger partial charge in [-0.3, -0.25) is 9.00 Å². The van der Waals surface area contributed by atoms with E-state index in [4.69, 9.17) is 9.40 Å². The maximum absolute atomic E-state index is 13.7. The third kappa shape index (κ3) is 6.20. The van der Waals surface area contributed by atoms with E-state index >= 15 is 0 Å². The number of hydrogen-bond donors (Lipinski definition) is 0. The van der Waals surface area contributed by atoms with Crippen molar-refractivity contribution in [3.8, 4) is 28.8 Å². The molecule has 0 bridgehead atoms. The van der Waals surface area contributed by atoms with E-state index in [0.717, 1.165) is 50.0 Å². The molecule has 1 saturated carbocycles. The van der Waals surface area contributed by atoms with Crippen LogP contribution in [0.3, 0.4) is 0 Å². The Morgan fingerprint density at radius 2 is 1.73 bits per heavy atom. The van der Waals surface area contributed by atoms with Crippen LogP contribution < -0.4 is 4.90 Å². The van der Waals surface area contributed by atoms with Gasteiger partial charge >= 0.3 is 0 Å². The van der Waals surface area contributed by atoms with Gasteiger partial charge in [-0.05, 0) is 55.2 Å². The molecule has 6 nitrogen and oxygen atoms in total. The zero-order valence-electron chi connectivity index (χ0n) is 23.1. The predicted octanol–water partition coefficient (Wildman–Crippen LogP) is 6.75. The molecule has 1 aromatic heterocycles. The first-order valence-electron chi connectivity index (χ1n) is 14.2. The van der Waals surface area contributed by atoms with Crippen molar-refractivity contribution < 1.29 is 17.8 Å². The lowest BCUT2D eigenvalue weighted by atomic mass is 9.73. The van der Waals surface area contributed by atoms with Gasteiger partial charge in [0.2, 0.25) is 5.89 Å². The van der Waals surface area contributed by atoms with Crippen LogP contribution in [0.4, 0.5) is 10.1 Å². The number of aromatic nitrogens is 1. The van der Waals surface area contributed by atoms with E-state index in [1.165, 1.54) is 12.1 Å². The second-order valence-corrected chi connectivity index (χ2v) is 13.0. The Balaban J connectivity index is 1.50. The first-order chi connectivity index (χ1) is 19.3. The van der Waals surface area contributed by atoms with Gasteiger partial charge in [0.05, 0.1) is 12.0 Å². The largest absolute Gasteiger partial charge is 0.440 e. The van der Waals surface area contributed by atoms with Gasteiger partial charge in [-0.1, -0.05) is 38.8 Å². The molecule has 0 spiro atoms. The maximum Gasteiger partial charge on any atom is 0.226 e. The van der Waals surface area contributed by atoms with Crippen molar-refractivity contribution in [3.05, 3.63) is 60.1 Å². The summed E-state index contributed by atoms with van der Waals surface area (Å²) in [6.07, 6.45) is 3.78. The van der Waals surface area contributed by atoms with E-state index in [0.29, 0.717) is 34.4 Å². The summed E-state index contributed by atoms with van der Waals surface area (Å²) < 4.78 is 31.9. The van der Waals surface area contributed by atoms with Crippen LogP contribution in [-0.4, -0.2) is 39.6 Å². The number of benzene rings is 2. The molecule has 210 valence electrons. The summed E-state index contributed by atoms with van der Waals surface area (Å²) in [5, 5.41) is 9.62. The van der Waals surface area contributed by atoms with Crippen LogP contribution in [0, 0.1) is 34.9 Å². The molecule has 2 aromatic carbocycles. The fourth-order valence-electron chi connectivity index (χ4n) is 5.86. The number of halogens is 1. The molecule has 1 aliphatic heterocycles. The number of nitriles is 1. The average molecular weight is 562 g/mol. The molecular weight excluding hydrogens is 525 g/mol. The van der Waals surface area contributed by atoms with Crippen molar-refractivity contribution in [2.24, 2.45) is 17.8 Å². The van der Waals surface area contributed by atoms with Crippen LogP contribution in [0.15, 0.2) is 52.9 Å². The molecule has 1 aliphatic carbocycles. The summed E-state index contributed by atoms with van der Waals surface area (Å²) in [7, 11) is -0.740. The molecule has 40 heavy (non-hydrogen) atoms. The Bertz CT molecular complexity index is 1380. The van der Waals surface area contributed by atoms with Crippen molar-refractivity contribution >= 4 is 22.3 Å². The molecule has 1 saturated heterocycles. The minimum atomic E-state index is -0.740. The second-order valence-electron chi connectivity index (χ2n) is 11.3. The molecule has 2 heterocycles. The van der Waals surface area contributed by atoms with Crippen molar-refractivity contribution in [1.82, 2.24) is 4.98 Å². The number of carbonyl (C=O) groups excluding carboxylic acids is 1. The van der Waals surface area contributed by atoms with Gasteiger partial charge in [-0.2, -0.15) is 5.26 Å². The summed E-state index contributed by atoms with van der Waals surface area (Å²) in [5.74, 6) is 1.67. The van der Waals surface area contributed by atoms with Crippen molar-refractivity contribution in [3.63, 3.8) is 0 Å². The molecule has 3 atom stereocenters. The molecule has 1 unspecified atom stereocenters. The van der Waals surface area contributed by atoms with E-state index in [9.17, 15) is 18.7 Å². The van der Waals surface area contributed by atoms with Crippen LogP contribution in [0.25, 0.3) is 22.7 Å². The summed E-state index contributed by atoms with van der Waals surface area (Å²) >= 11 is 0. The van der Waals surface area contributed by atoms with Gasteiger partial charge in [0.1, 0.15) is 23.1 Å². The number of Topliss-reactive ketones (excluding diaryl/α,β-unsaturated/α-hetero) is 1. The number of ketones is 1. The molecule has 0 radical (unpaired) electrons. The van der Waals surface area contributed by atoms with Crippen LogP contribution in [-0.2, 0) is 15.6 Å². The fourth-order valence-corrected chi connectivity index (χ4v) is 6.91. The number of rotatable bonds is 8. The lowest BCUT2D eigenvalue weighted by molar-refractivity contribution is -0.125. The Labute approximate surface area is 238 Å². The minimum absolute atomic E-state index is 0.111. The summed E-state index contributed by atoms with van der Waals surface area (Å²) in [6, 6.07) is 16.6. The highest BCUT2D eigenvalue weighted by atomic mass is 32.2. The van der Waals surface area contributed by atoms with Gasteiger partial charge < -0.3 is 9.32 Å². The lowest BCUT2D eigenvalue weighted by Gasteiger charge is -2.30. The highest BCUT2D eigenvalue weighted by Crippen LogP contribution is 2.45. The zero-order chi connectivity index (χ0) is 28.2. The van der Waals surface area contributed by atoms with Gasteiger partial charge in [0.15, 0.2) is 0 Å². The van der Waals surface area contributed by atoms with Crippen molar-refractivity contribution in [2.75, 3.05) is 29.5 Å². The highest BCUT2D eigenvalue weighted by Gasteiger charge is 2.37. The number of carbonyl (C=O) groups is 1. The van der Waals surface area contributed by atoms with Gasteiger partial charge in [-0.25, -0.2) is 9.37 Å². The normalized spacial score (nSPS) is 20.8. The minimum Gasteiger partial charge on any atom is -0.440 e. The number of anilines is 1. The van der Waals surface area contributed by atoms with Crippen LogP contribution in [0.2, 0.25) is 0 Å². The molecule has 2 fully saturated rings. The van der Waals surface area contributed by atoms with Crippen LogP contribution >= 0.6 is 0 Å². The van der Waals surface area contributed by atoms with Crippen LogP contribution in [0.1, 0.15) is 57.6 Å². The number of nitrogens with zero attached hydrogens (tertiary/aromatic N) is 3. The Morgan fingerprint density at radius 1 is 1.07 bits per heavy atom. The Hall–Kier alpha value is -3.31. The Morgan fingerprint density at radius 3 is 2.38 bits per heavy atom. The molecule has 5 rings (SSSR count). The highest BCUT2D eigenvalue weighted by molar-refractivity contribution is 7.85. The predicted molar refractivity (Wildman–Crippen MR) is 156 cm³/mol. The summed E-state index contributed by atoms with van der Waals surface area (Å²) in [4.78, 5) is 20.7. The molecule has 0 N–H and O–H groups in total. The quantitative estimate of drug-likeness (QED) is 0.303. The third-order valence-electron chi connectivity index (χ3n) is 8.34. The molecular formula is C32H36FN3O3S. The van der Waals surface area contributed by atoms with Crippen molar-refractivity contribution in [1.29, 1.82) is 5.26 Å². The lowest BCUT2D eigenvalue weighted by Crippen LogP contribution is -2.37. The summed E-state index contributed by atoms with van der Waals surface area (Å²) in [5.41, 5.74) is 3.35. The SMILES string of the molecule is CC(C)[C@@H](C#N)CC(=O)[C@@H]1CCCCC1c1oc(-c2ccc(F)cc2)nc1-c1ccc(N2CCS(=O)CC2)cc1. The van der Waals surface area contributed by atoms with E-state index in [1.54, 1.807) is 12.1 Å². The smallest absolute Gasteiger partial charge is 0.226 e. The molecule has 0 amide bonds. The van der Waals surface area contributed by atoms with E-state index in [2.05, 4.69) is 23.1 Å². The van der Waals surface area contributed by atoms with Gasteiger partial charge in [0.25, 0.3) is 0 Å². The summed E-state index contributed by atoms with van der Waals surface area (Å²) in [6.45, 7) is 5.50. The maximum atomic E-state index is 13.7. The second kappa shape index (κ2) is 12.5. The Kier molecular flexibility index (Phi) is 8.80. The van der Waals surface area contributed by atoms with Crippen molar-refractivity contribution in [2.45, 2.75) is 51.9 Å². The van der Waals surface area contributed by atoms with E-state index in [-0.39, 0.29) is 41.7 Å². The first-order valence-corrected chi connectivity index (χ1v) is 15.7. The molecule has 3 aromatic rings. The topological polar surface area (TPSA) is 87.2 Å². The van der Waals surface area contributed by atoms with Crippen LogP contribution in [0.5, 0.6) is 0 Å². The zero-order valence-corrected chi connectivity index (χ0v) is 24.0.